The van der Waals surface area contributed by atoms with Gasteiger partial charge in [0.2, 0.25) is 5.91 Å². The van der Waals surface area contributed by atoms with Crippen molar-refractivity contribution in [3.8, 4) is 11.3 Å². The van der Waals surface area contributed by atoms with E-state index in [0.29, 0.717) is 25.9 Å². The highest BCUT2D eigenvalue weighted by molar-refractivity contribution is 5.77. The van der Waals surface area contributed by atoms with Gasteiger partial charge in [0.1, 0.15) is 5.69 Å². The molecule has 1 aliphatic carbocycles. The molecular weight excluding hydrogens is 326 g/mol. The van der Waals surface area contributed by atoms with Crippen LogP contribution in [0.4, 0.5) is 8.78 Å². The number of amides is 1. The number of hydrogen-bond acceptors (Lipinski definition) is 3. The monoisotopic (exact) mass is 346 g/mol. The van der Waals surface area contributed by atoms with Gasteiger partial charge in [-0.25, -0.2) is 13.5 Å². The van der Waals surface area contributed by atoms with Crippen LogP contribution in [-0.4, -0.2) is 44.8 Å². The zero-order valence-electron chi connectivity index (χ0n) is 13.8. The lowest BCUT2D eigenvalue weighted by atomic mass is 9.98. The lowest BCUT2D eigenvalue weighted by molar-refractivity contribution is -0.141. The quantitative estimate of drug-likeness (QED) is 0.854. The van der Waals surface area contributed by atoms with E-state index in [1.165, 1.54) is 0 Å². The van der Waals surface area contributed by atoms with Crippen LogP contribution in [-0.2, 0) is 4.79 Å². The lowest BCUT2D eigenvalue weighted by Crippen LogP contribution is -2.51. The molecule has 25 heavy (non-hydrogen) atoms. The molecule has 2 heterocycles. The van der Waals surface area contributed by atoms with Crippen molar-refractivity contribution in [3.05, 3.63) is 36.5 Å². The van der Waals surface area contributed by atoms with Gasteiger partial charge in [0.25, 0.3) is 5.92 Å². The van der Waals surface area contributed by atoms with Crippen LogP contribution in [0.2, 0.25) is 0 Å². The molecule has 132 valence electrons. The minimum Gasteiger partial charge on any atom is -0.338 e. The second-order valence-electron chi connectivity index (χ2n) is 6.96. The number of benzene rings is 1. The third-order valence-electron chi connectivity index (χ3n) is 5.25. The standard InChI is InChI=1S/C18H20F2N4O/c19-18(20)8-4-7-14(18)9-17(25)23-10-15(11-23)24-12-16(21-22-24)13-5-2-1-3-6-13/h1-3,5-6,12,14-15H,4,7-11H2. The number of likely N-dealkylation sites (tertiary alicyclic amines) is 1. The van der Waals surface area contributed by atoms with Crippen LogP contribution in [0.1, 0.15) is 31.7 Å². The molecule has 5 nitrogen and oxygen atoms in total. The maximum atomic E-state index is 13.7. The summed E-state index contributed by atoms with van der Waals surface area (Å²) in [6.07, 6.45) is 2.68. The van der Waals surface area contributed by atoms with Crippen LogP contribution < -0.4 is 0 Å². The SMILES string of the molecule is O=C(CC1CCCC1(F)F)N1CC(n2cc(-c3ccccc3)nn2)C1. The fraction of sp³-hybridized carbons (Fsp3) is 0.500. The van der Waals surface area contributed by atoms with E-state index in [4.69, 9.17) is 0 Å². The van der Waals surface area contributed by atoms with Gasteiger partial charge < -0.3 is 4.90 Å². The predicted molar refractivity (Wildman–Crippen MR) is 88.0 cm³/mol. The first kappa shape index (κ1) is 16.2. The summed E-state index contributed by atoms with van der Waals surface area (Å²) in [6, 6.07) is 9.82. The third kappa shape index (κ3) is 3.15. The number of alkyl halides is 2. The summed E-state index contributed by atoms with van der Waals surface area (Å²) in [4.78, 5) is 13.9. The van der Waals surface area contributed by atoms with Crippen LogP contribution in [0.25, 0.3) is 11.3 Å². The van der Waals surface area contributed by atoms with E-state index in [-0.39, 0.29) is 24.8 Å². The van der Waals surface area contributed by atoms with Crippen LogP contribution in [0.5, 0.6) is 0 Å². The first-order valence-electron chi connectivity index (χ1n) is 8.66. The van der Waals surface area contributed by atoms with Gasteiger partial charge in [0, 0.05) is 37.4 Å². The van der Waals surface area contributed by atoms with Crippen molar-refractivity contribution in [3.63, 3.8) is 0 Å². The van der Waals surface area contributed by atoms with Crippen molar-refractivity contribution in [1.82, 2.24) is 19.9 Å². The third-order valence-corrected chi connectivity index (χ3v) is 5.25. The predicted octanol–water partition coefficient (Wildman–Crippen LogP) is 3.15. The number of carbonyl (C=O) groups is 1. The van der Waals surface area contributed by atoms with Crippen molar-refractivity contribution < 1.29 is 13.6 Å². The number of carbonyl (C=O) groups excluding carboxylic acids is 1. The van der Waals surface area contributed by atoms with Crippen LogP contribution in [0.3, 0.4) is 0 Å². The van der Waals surface area contributed by atoms with Gasteiger partial charge in [-0.2, -0.15) is 0 Å². The van der Waals surface area contributed by atoms with Gasteiger partial charge in [-0.05, 0) is 12.8 Å². The van der Waals surface area contributed by atoms with Gasteiger partial charge in [-0.15, -0.1) is 5.10 Å². The Labute approximate surface area is 144 Å². The highest BCUT2D eigenvalue weighted by Gasteiger charge is 2.46. The van der Waals surface area contributed by atoms with E-state index in [1.807, 2.05) is 36.5 Å². The Kier molecular flexibility index (Phi) is 4.01. The largest absolute Gasteiger partial charge is 0.338 e. The van der Waals surface area contributed by atoms with Crippen molar-refractivity contribution in [2.45, 2.75) is 37.6 Å². The molecule has 1 saturated heterocycles. The Bertz CT molecular complexity index is 755. The molecule has 7 heteroatoms. The van der Waals surface area contributed by atoms with Gasteiger partial charge in [0.15, 0.2) is 0 Å². The Morgan fingerprint density at radius 1 is 1.24 bits per heavy atom. The molecule has 1 unspecified atom stereocenters. The molecule has 2 aliphatic rings. The van der Waals surface area contributed by atoms with Crippen molar-refractivity contribution in [2.75, 3.05) is 13.1 Å². The highest BCUT2D eigenvalue weighted by Crippen LogP contribution is 2.42. The van der Waals surface area contributed by atoms with Gasteiger partial charge in [-0.3, -0.25) is 4.79 Å². The molecule has 2 fully saturated rings. The van der Waals surface area contributed by atoms with Gasteiger partial charge in [0.05, 0.1) is 12.2 Å². The molecule has 2 aromatic rings. The molecule has 1 saturated carbocycles. The molecule has 0 spiro atoms. The highest BCUT2D eigenvalue weighted by atomic mass is 19.3. The first-order chi connectivity index (χ1) is 12.0. The number of aromatic nitrogens is 3. The topological polar surface area (TPSA) is 51.0 Å². The second-order valence-corrected chi connectivity index (χ2v) is 6.96. The number of rotatable bonds is 4. The van der Waals surface area contributed by atoms with Gasteiger partial charge >= 0.3 is 0 Å². The minimum absolute atomic E-state index is 0.0493. The summed E-state index contributed by atoms with van der Waals surface area (Å²) < 4.78 is 29.1. The Balaban J connectivity index is 1.33. The first-order valence-corrected chi connectivity index (χ1v) is 8.66. The number of nitrogens with zero attached hydrogens (tertiary/aromatic N) is 4. The average Bonchev–Trinajstić information content (AvgIpc) is 3.14. The Hall–Kier alpha value is -2.31. The average molecular weight is 346 g/mol. The van der Waals surface area contributed by atoms with E-state index in [9.17, 15) is 13.6 Å². The summed E-state index contributed by atoms with van der Waals surface area (Å²) in [7, 11) is 0. The van der Waals surface area contributed by atoms with E-state index in [2.05, 4.69) is 10.3 Å². The molecule has 0 radical (unpaired) electrons. The van der Waals surface area contributed by atoms with Crippen molar-refractivity contribution in [1.29, 1.82) is 0 Å². The normalized spacial score (nSPS) is 22.8. The van der Waals surface area contributed by atoms with Crippen molar-refractivity contribution in [2.24, 2.45) is 5.92 Å². The van der Waals surface area contributed by atoms with Crippen LogP contribution in [0, 0.1) is 5.92 Å². The van der Waals surface area contributed by atoms with E-state index in [0.717, 1.165) is 11.3 Å². The summed E-state index contributed by atoms with van der Waals surface area (Å²) in [5.41, 5.74) is 1.78. The maximum absolute atomic E-state index is 13.7. The lowest BCUT2D eigenvalue weighted by Gasteiger charge is -2.39. The number of halogens is 2. The van der Waals surface area contributed by atoms with Crippen LogP contribution >= 0.6 is 0 Å². The summed E-state index contributed by atoms with van der Waals surface area (Å²) >= 11 is 0. The number of hydrogen-bond donors (Lipinski definition) is 0. The maximum Gasteiger partial charge on any atom is 0.251 e. The summed E-state index contributed by atoms with van der Waals surface area (Å²) in [6.45, 7) is 1.02. The van der Waals surface area contributed by atoms with Crippen molar-refractivity contribution >= 4 is 5.91 Å². The zero-order chi connectivity index (χ0) is 17.4. The molecule has 1 aromatic heterocycles. The van der Waals surface area contributed by atoms with E-state index >= 15 is 0 Å². The Morgan fingerprint density at radius 3 is 2.68 bits per heavy atom. The molecule has 1 aromatic carbocycles. The van der Waals surface area contributed by atoms with Gasteiger partial charge in [-0.1, -0.05) is 35.5 Å². The molecule has 0 N–H and O–H groups in total. The molecule has 1 amide bonds. The minimum atomic E-state index is -2.68. The van der Waals surface area contributed by atoms with E-state index < -0.39 is 11.8 Å². The van der Waals surface area contributed by atoms with Crippen LogP contribution in [0.15, 0.2) is 36.5 Å². The molecule has 1 aliphatic heterocycles. The smallest absolute Gasteiger partial charge is 0.251 e. The molecule has 0 bridgehead atoms. The fourth-order valence-electron chi connectivity index (χ4n) is 3.61. The fourth-order valence-corrected chi connectivity index (χ4v) is 3.61. The molecule has 1 atom stereocenters. The molecular formula is C18H20F2N4O. The second kappa shape index (κ2) is 6.20. The zero-order valence-corrected chi connectivity index (χ0v) is 13.8. The van der Waals surface area contributed by atoms with E-state index in [1.54, 1.807) is 9.58 Å². The molecule has 4 rings (SSSR count). The Morgan fingerprint density at radius 2 is 2.00 bits per heavy atom. The summed E-state index contributed by atoms with van der Waals surface area (Å²) in [5.74, 6) is -3.66. The summed E-state index contributed by atoms with van der Waals surface area (Å²) in [5, 5.41) is 8.32.